The second-order valence-electron chi connectivity index (χ2n) is 15.0. The normalized spacial score (nSPS) is 39.5. The van der Waals surface area contributed by atoms with E-state index in [1.807, 2.05) is 4.90 Å². The third-order valence-corrected chi connectivity index (χ3v) is 11.8. The Kier molecular flexibility index (Phi) is 5.09. The number of nitrogens with zero attached hydrogens (tertiary/aromatic N) is 1. The van der Waals surface area contributed by atoms with E-state index in [1.165, 1.54) is 41.5 Å². The lowest BCUT2D eigenvalue weighted by atomic mass is 9.39. The Bertz CT molecular complexity index is 1290. The number of amides is 1. The van der Waals surface area contributed by atoms with E-state index in [2.05, 4.69) is 62.4 Å². The van der Waals surface area contributed by atoms with E-state index >= 15 is 0 Å². The van der Waals surface area contributed by atoms with Crippen LogP contribution in [-0.2, 0) is 9.53 Å². The number of benzene rings is 2. The summed E-state index contributed by atoms with van der Waals surface area (Å²) in [5.41, 5.74) is 5.60. The number of carbonyl (C=O) groups is 2. The van der Waals surface area contributed by atoms with Gasteiger partial charge in [-0.15, -0.1) is 0 Å². The summed E-state index contributed by atoms with van der Waals surface area (Å²) in [6.45, 7) is 5.29. The Balaban J connectivity index is 0.969. The molecule has 4 nitrogen and oxygen atoms in total. The van der Waals surface area contributed by atoms with Crippen molar-refractivity contribution in [3.63, 3.8) is 0 Å². The van der Waals surface area contributed by atoms with Crippen LogP contribution in [0.5, 0.6) is 0 Å². The maximum Gasteiger partial charge on any atom is 0.410 e. The number of piperidine rings is 1. The number of carbonyl (C=O) groups excluding carboxylic acids is 2. The summed E-state index contributed by atoms with van der Waals surface area (Å²) in [6, 6.07) is 17.3. The van der Waals surface area contributed by atoms with Gasteiger partial charge in [0.15, 0.2) is 0 Å². The van der Waals surface area contributed by atoms with E-state index in [4.69, 9.17) is 4.74 Å². The lowest BCUT2D eigenvalue weighted by Gasteiger charge is -2.65. The average molecular weight is 524 g/mol. The minimum absolute atomic E-state index is 0.0805. The molecule has 0 N–H and O–H groups in total. The molecule has 39 heavy (non-hydrogen) atoms. The molecule has 1 amide bonds. The summed E-state index contributed by atoms with van der Waals surface area (Å²) < 4.78 is 6.08. The molecule has 0 radical (unpaired) electrons. The fraction of sp³-hybridized carbons (Fsp3) is 0.600. The molecule has 0 spiro atoms. The van der Waals surface area contributed by atoms with Gasteiger partial charge in [0.1, 0.15) is 12.4 Å². The van der Waals surface area contributed by atoms with E-state index in [0.29, 0.717) is 23.2 Å². The van der Waals surface area contributed by atoms with Gasteiger partial charge >= 0.3 is 6.09 Å². The number of fused-ring (bicyclic) bond motifs is 5. The molecular formula is C35H41NO3. The van der Waals surface area contributed by atoms with E-state index in [-0.39, 0.29) is 35.4 Å². The molecule has 6 bridgehead atoms. The molecule has 2 aromatic carbocycles. The molecule has 2 aliphatic heterocycles. The molecule has 6 fully saturated rings. The summed E-state index contributed by atoms with van der Waals surface area (Å²) in [7, 11) is 0. The van der Waals surface area contributed by atoms with Crippen molar-refractivity contribution in [1.29, 1.82) is 0 Å². The third-order valence-electron chi connectivity index (χ3n) is 11.8. The number of hydrogen-bond donors (Lipinski definition) is 0. The second-order valence-corrected chi connectivity index (χ2v) is 15.0. The first kappa shape index (κ1) is 24.2. The fourth-order valence-corrected chi connectivity index (χ4v) is 11.5. The minimum Gasteiger partial charge on any atom is -0.448 e. The number of rotatable bonds is 4. The molecular weight excluding hydrogens is 482 g/mol. The summed E-state index contributed by atoms with van der Waals surface area (Å²) in [5.74, 6) is 1.49. The number of ketones is 1. The highest BCUT2D eigenvalue weighted by molar-refractivity contribution is 5.88. The lowest BCUT2D eigenvalue weighted by Crippen LogP contribution is -2.59. The lowest BCUT2D eigenvalue weighted by molar-refractivity contribution is -0.173. The molecule has 4 heteroatoms. The summed E-state index contributed by atoms with van der Waals surface area (Å²) in [6.07, 6.45) is 10.8. The Hall–Kier alpha value is -2.62. The Morgan fingerprint density at radius 1 is 0.821 bits per heavy atom. The average Bonchev–Trinajstić information content (AvgIpc) is 3.35. The summed E-state index contributed by atoms with van der Waals surface area (Å²) in [5, 5.41) is 0. The van der Waals surface area contributed by atoms with Gasteiger partial charge in [0, 0.05) is 29.3 Å². The molecule has 5 aliphatic carbocycles. The summed E-state index contributed by atoms with van der Waals surface area (Å²) >= 11 is 0. The monoisotopic (exact) mass is 523 g/mol. The Labute approximate surface area is 232 Å². The Morgan fingerprint density at radius 2 is 1.38 bits per heavy atom. The zero-order valence-corrected chi connectivity index (χ0v) is 23.5. The van der Waals surface area contributed by atoms with Crippen LogP contribution in [0, 0.1) is 28.1 Å². The predicted molar refractivity (Wildman–Crippen MR) is 151 cm³/mol. The van der Waals surface area contributed by atoms with Gasteiger partial charge in [-0.1, -0.05) is 62.4 Å². The van der Waals surface area contributed by atoms with Crippen LogP contribution in [0.4, 0.5) is 4.79 Å². The van der Waals surface area contributed by atoms with Crippen molar-refractivity contribution >= 4 is 11.9 Å². The highest BCUT2D eigenvalue weighted by Crippen LogP contribution is 2.70. The van der Waals surface area contributed by atoms with Gasteiger partial charge in [-0.2, -0.15) is 0 Å². The van der Waals surface area contributed by atoms with Gasteiger partial charge < -0.3 is 9.64 Å². The van der Waals surface area contributed by atoms with Crippen LogP contribution in [0.25, 0.3) is 11.1 Å². The van der Waals surface area contributed by atoms with Crippen molar-refractivity contribution in [3.05, 3.63) is 59.7 Å². The van der Waals surface area contributed by atoms with E-state index in [0.717, 1.165) is 50.9 Å². The van der Waals surface area contributed by atoms with Crippen LogP contribution in [-0.4, -0.2) is 35.5 Å². The van der Waals surface area contributed by atoms with Gasteiger partial charge in [0.25, 0.3) is 0 Å². The molecule has 2 heterocycles. The SMILES string of the molecule is CC12CC3CC(C)(C1)CC(C(=O)C1CC4CCC(C1)N4C(=O)OCC1c4ccccc4-c4ccccc41)(C3)C2. The molecule has 4 unspecified atom stereocenters. The van der Waals surface area contributed by atoms with Crippen molar-refractivity contribution in [1.82, 2.24) is 4.90 Å². The molecule has 4 atom stereocenters. The second kappa shape index (κ2) is 8.21. The zero-order chi connectivity index (χ0) is 26.6. The first-order valence-electron chi connectivity index (χ1n) is 15.4. The van der Waals surface area contributed by atoms with Crippen LogP contribution in [0.15, 0.2) is 48.5 Å². The first-order valence-corrected chi connectivity index (χ1v) is 15.4. The van der Waals surface area contributed by atoms with Crippen molar-refractivity contribution in [2.75, 3.05) is 6.61 Å². The van der Waals surface area contributed by atoms with Crippen molar-refractivity contribution in [2.24, 2.45) is 28.1 Å². The molecule has 2 aromatic rings. The summed E-state index contributed by atoms with van der Waals surface area (Å²) in [4.78, 5) is 29.9. The maximum absolute atomic E-state index is 14.3. The quantitative estimate of drug-likeness (QED) is 0.412. The molecule has 7 aliphatic rings. The number of ether oxygens (including phenoxy) is 1. The van der Waals surface area contributed by atoms with Gasteiger partial charge in [-0.3, -0.25) is 4.79 Å². The highest BCUT2D eigenvalue weighted by atomic mass is 16.6. The Morgan fingerprint density at radius 3 is 1.95 bits per heavy atom. The van der Waals surface area contributed by atoms with Crippen LogP contribution in [0.3, 0.4) is 0 Å². The van der Waals surface area contributed by atoms with Crippen LogP contribution < -0.4 is 0 Å². The predicted octanol–water partition coefficient (Wildman–Crippen LogP) is 7.74. The largest absolute Gasteiger partial charge is 0.448 e. The number of hydrogen-bond acceptors (Lipinski definition) is 3. The smallest absolute Gasteiger partial charge is 0.410 e. The molecule has 4 saturated carbocycles. The highest BCUT2D eigenvalue weighted by Gasteiger charge is 2.63. The van der Waals surface area contributed by atoms with Gasteiger partial charge in [0.2, 0.25) is 0 Å². The number of Topliss-reactive ketones (excluding diaryl/α,β-unsaturated/α-hetero) is 1. The van der Waals surface area contributed by atoms with Crippen molar-refractivity contribution in [3.8, 4) is 11.1 Å². The standard InChI is InChI=1S/C35H41NO3/c1-33-15-22-16-34(2,19-33)21-35(17-22,20-33)31(37)23-13-24-11-12-25(14-23)36(24)32(38)39-18-30-28-9-5-3-7-26(28)27-8-4-6-10-29(27)30/h3-10,22-25,30H,11-21H2,1-2H3. The van der Waals surface area contributed by atoms with Crippen LogP contribution in [0.2, 0.25) is 0 Å². The van der Waals surface area contributed by atoms with Crippen LogP contribution >= 0.6 is 0 Å². The van der Waals surface area contributed by atoms with Crippen LogP contribution in [0.1, 0.15) is 95.1 Å². The zero-order valence-electron chi connectivity index (χ0n) is 23.5. The van der Waals surface area contributed by atoms with Gasteiger partial charge in [-0.25, -0.2) is 4.79 Å². The molecule has 2 saturated heterocycles. The van der Waals surface area contributed by atoms with E-state index in [9.17, 15) is 9.59 Å². The minimum atomic E-state index is -0.176. The fourth-order valence-electron chi connectivity index (χ4n) is 11.5. The van der Waals surface area contributed by atoms with Crippen molar-refractivity contribution < 1.29 is 14.3 Å². The van der Waals surface area contributed by atoms with Gasteiger partial charge in [-0.05, 0) is 103 Å². The van der Waals surface area contributed by atoms with Crippen molar-refractivity contribution in [2.45, 2.75) is 96.1 Å². The third kappa shape index (κ3) is 3.62. The maximum atomic E-state index is 14.3. The van der Waals surface area contributed by atoms with E-state index < -0.39 is 0 Å². The first-order chi connectivity index (χ1) is 18.7. The molecule has 0 aromatic heterocycles. The van der Waals surface area contributed by atoms with E-state index in [1.54, 1.807) is 0 Å². The van der Waals surface area contributed by atoms with Gasteiger partial charge in [0.05, 0.1) is 0 Å². The molecule has 204 valence electrons. The molecule has 9 rings (SSSR count). The topological polar surface area (TPSA) is 46.6 Å².